The number of alkyl halides is 6. The van der Waals surface area contributed by atoms with Gasteiger partial charge in [0, 0.05) is 6.54 Å². The van der Waals surface area contributed by atoms with Crippen LogP contribution >= 0.6 is 0 Å². The van der Waals surface area contributed by atoms with Crippen molar-refractivity contribution in [3.8, 4) is 0 Å². The number of halogens is 6. The molecule has 0 radical (unpaired) electrons. The van der Waals surface area contributed by atoms with Gasteiger partial charge >= 0.3 is 12.4 Å². The maximum absolute atomic E-state index is 13.2. The Kier molecular flexibility index (Phi) is 3.73. The van der Waals surface area contributed by atoms with Crippen molar-refractivity contribution in [1.82, 2.24) is 14.5 Å². The van der Waals surface area contributed by atoms with Crippen LogP contribution in [0.1, 0.15) is 16.8 Å². The molecule has 3 rings (SSSR count). The summed E-state index contributed by atoms with van der Waals surface area (Å²) in [6.07, 6.45) is -8.90. The first-order valence-corrected chi connectivity index (χ1v) is 6.70. The van der Waals surface area contributed by atoms with Gasteiger partial charge in [0.05, 0.1) is 17.4 Å². The van der Waals surface area contributed by atoms with E-state index in [0.29, 0.717) is 5.56 Å². The van der Waals surface area contributed by atoms with Crippen molar-refractivity contribution in [1.29, 1.82) is 0 Å². The van der Waals surface area contributed by atoms with Crippen molar-refractivity contribution in [2.24, 2.45) is 0 Å². The summed E-state index contributed by atoms with van der Waals surface area (Å²) in [5, 5.41) is 0. The van der Waals surface area contributed by atoms with Crippen molar-refractivity contribution < 1.29 is 26.3 Å². The Hall–Kier alpha value is -2.58. The predicted molar refractivity (Wildman–Crippen MR) is 73.1 cm³/mol. The highest BCUT2D eigenvalue weighted by Gasteiger charge is 2.40. The van der Waals surface area contributed by atoms with Gasteiger partial charge in [-0.2, -0.15) is 26.3 Å². The number of hydrogen-bond acceptors (Lipinski definition) is 2. The Morgan fingerprint density at radius 2 is 1.58 bits per heavy atom. The minimum atomic E-state index is -4.99. The molecule has 0 saturated heterocycles. The number of rotatable bonds is 2. The molecule has 0 aliphatic carbocycles. The van der Waals surface area contributed by atoms with E-state index < -0.39 is 34.8 Å². The lowest BCUT2D eigenvalue weighted by molar-refractivity contribution is -0.144. The quantitative estimate of drug-likeness (QED) is 0.640. The molecule has 126 valence electrons. The Labute approximate surface area is 131 Å². The number of fused-ring (bicyclic) bond motifs is 1. The van der Waals surface area contributed by atoms with E-state index in [1.807, 2.05) is 0 Å². The molecule has 0 N–H and O–H groups in total. The second-order valence-electron chi connectivity index (χ2n) is 5.08. The summed E-state index contributed by atoms with van der Waals surface area (Å²) in [5.74, 6) is 0. The number of imidazole rings is 1. The summed E-state index contributed by atoms with van der Waals surface area (Å²) < 4.78 is 79.2. The van der Waals surface area contributed by atoms with Gasteiger partial charge in [-0.25, -0.2) is 9.97 Å². The maximum Gasteiger partial charge on any atom is 0.433 e. The fraction of sp³-hybridized carbons (Fsp3) is 0.200. The molecule has 2 heterocycles. The second kappa shape index (κ2) is 5.50. The molecule has 0 bridgehead atoms. The van der Waals surface area contributed by atoms with Crippen molar-refractivity contribution in [2.45, 2.75) is 18.9 Å². The molecule has 3 nitrogen and oxygen atoms in total. The van der Waals surface area contributed by atoms with Gasteiger partial charge in [0.1, 0.15) is 5.69 Å². The standard InChI is InChI=1S/C15H9F6N3/c16-14(17,18)10-6-11(15(19,20)21)23-13-12(10)24(8-22-13)7-9-4-2-1-3-5-9/h1-6,8H,7H2. The molecular weight excluding hydrogens is 336 g/mol. The zero-order valence-electron chi connectivity index (χ0n) is 11.9. The second-order valence-corrected chi connectivity index (χ2v) is 5.08. The van der Waals surface area contributed by atoms with Crippen LogP contribution in [0, 0.1) is 0 Å². The average molecular weight is 345 g/mol. The van der Waals surface area contributed by atoms with Crippen molar-refractivity contribution >= 4 is 11.2 Å². The maximum atomic E-state index is 13.2. The van der Waals surface area contributed by atoms with Crippen molar-refractivity contribution in [3.63, 3.8) is 0 Å². The topological polar surface area (TPSA) is 30.7 Å². The molecule has 0 atom stereocenters. The zero-order chi connectivity index (χ0) is 17.5. The summed E-state index contributed by atoms with van der Waals surface area (Å²) >= 11 is 0. The van der Waals surface area contributed by atoms with E-state index >= 15 is 0 Å². The van der Waals surface area contributed by atoms with Crippen LogP contribution in [0.25, 0.3) is 11.2 Å². The van der Waals surface area contributed by atoms with Gasteiger partial charge in [0.25, 0.3) is 0 Å². The van der Waals surface area contributed by atoms with E-state index in [9.17, 15) is 26.3 Å². The van der Waals surface area contributed by atoms with Gasteiger partial charge in [-0.15, -0.1) is 0 Å². The number of pyridine rings is 1. The van der Waals surface area contributed by atoms with E-state index in [2.05, 4.69) is 9.97 Å². The average Bonchev–Trinajstić information content (AvgIpc) is 2.88. The Morgan fingerprint density at radius 3 is 2.17 bits per heavy atom. The van der Waals surface area contributed by atoms with Crippen LogP contribution in [-0.2, 0) is 18.9 Å². The normalized spacial score (nSPS) is 12.8. The summed E-state index contributed by atoms with van der Waals surface area (Å²) in [5.41, 5.74) is -3.40. The van der Waals surface area contributed by atoms with E-state index in [1.165, 1.54) is 0 Å². The third kappa shape index (κ3) is 3.06. The first kappa shape index (κ1) is 16.3. The van der Waals surface area contributed by atoms with E-state index in [0.717, 1.165) is 10.9 Å². The smallest absolute Gasteiger partial charge is 0.324 e. The number of nitrogens with zero attached hydrogens (tertiary/aromatic N) is 3. The molecule has 1 aromatic carbocycles. The molecule has 2 aromatic heterocycles. The number of aromatic nitrogens is 3. The molecule has 9 heteroatoms. The Balaban J connectivity index is 2.20. The van der Waals surface area contributed by atoms with Gasteiger partial charge < -0.3 is 4.57 Å². The highest BCUT2D eigenvalue weighted by molar-refractivity contribution is 5.76. The van der Waals surface area contributed by atoms with E-state index in [4.69, 9.17) is 0 Å². The first-order chi connectivity index (χ1) is 11.2. The van der Waals surface area contributed by atoms with Crippen LogP contribution in [-0.4, -0.2) is 14.5 Å². The SMILES string of the molecule is FC(F)(F)c1cc(C(F)(F)F)c2c(ncn2Cc2ccccc2)n1. The van der Waals surface area contributed by atoms with Gasteiger partial charge in [0.15, 0.2) is 5.65 Å². The summed E-state index contributed by atoms with van der Waals surface area (Å²) in [7, 11) is 0. The molecule has 3 aromatic rings. The first-order valence-electron chi connectivity index (χ1n) is 6.70. The molecule has 0 spiro atoms. The zero-order valence-corrected chi connectivity index (χ0v) is 11.9. The summed E-state index contributed by atoms with van der Waals surface area (Å²) in [6.45, 7) is 0.0352. The van der Waals surface area contributed by atoms with Crippen LogP contribution < -0.4 is 0 Å². The molecule has 0 aliphatic heterocycles. The van der Waals surface area contributed by atoms with Gasteiger partial charge in [-0.05, 0) is 11.6 Å². The lowest BCUT2D eigenvalue weighted by atomic mass is 10.1. The van der Waals surface area contributed by atoms with E-state index in [-0.39, 0.29) is 12.6 Å². The summed E-state index contributed by atoms with van der Waals surface area (Å²) in [6, 6.07) is 8.56. The molecule has 24 heavy (non-hydrogen) atoms. The third-order valence-corrected chi connectivity index (χ3v) is 3.37. The fourth-order valence-corrected chi connectivity index (χ4v) is 2.34. The van der Waals surface area contributed by atoms with Crippen LogP contribution in [0.5, 0.6) is 0 Å². The molecule has 0 amide bonds. The number of benzene rings is 1. The highest BCUT2D eigenvalue weighted by Crippen LogP contribution is 2.38. The van der Waals surface area contributed by atoms with Crippen LogP contribution in [0.4, 0.5) is 26.3 Å². The lowest BCUT2D eigenvalue weighted by Gasteiger charge is -2.14. The third-order valence-electron chi connectivity index (χ3n) is 3.37. The number of hydrogen-bond donors (Lipinski definition) is 0. The van der Waals surface area contributed by atoms with E-state index in [1.54, 1.807) is 30.3 Å². The van der Waals surface area contributed by atoms with Gasteiger partial charge in [0.2, 0.25) is 0 Å². The monoisotopic (exact) mass is 345 g/mol. The van der Waals surface area contributed by atoms with Crippen molar-refractivity contribution in [2.75, 3.05) is 0 Å². The Morgan fingerprint density at radius 1 is 0.917 bits per heavy atom. The molecule has 0 unspecified atom stereocenters. The van der Waals surface area contributed by atoms with Crippen LogP contribution in [0.15, 0.2) is 42.7 Å². The van der Waals surface area contributed by atoms with Crippen LogP contribution in [0.2, 0.25) is 0 Å². The molecule has 0 fully saturated rings. The fourth-order valence-electron chi connectivity index (χ4n) is 2.34. The van der Waals surface area contributed by atoms with Crippen molar-refractivity contribution in [3.05, 3.63) is 59.5 Å². The predicted octanol–water partition coefficient (Wildman–Crippen LogP) is 4.52. The summed E-state index contributed by atoms with van der Waals surface area (Å²) in [4.78, 5) is 6.84. The minimum absolute atomic E-state index is 0.0194. The lowest BCUT2D eigenvalue weighted by Crippen LogP contribution is -2.15. The van der Waals surface area contributed by atoms with Gasteiger partial charge in [-0.3, -0.25) is 0 Å². The molecule has 0 aliphatic rings. The van der Waals surface area contributed by atoms with Crippen LogP contribution in [0.3, 0.4) is 0 Å². The molecular formula is C15H9F6N3. The van der Waals surface area contributed by atoms with Gasteiger partial charge in [-0.1, -0.05) is 30.3 Å². The minimum Gasteiger partial charge on any atom is -0.324 e. The molecule has 0 saturated carbocycles. The largest absolute Gasteiger partial charge is 0.433 e. The Bertz CT molecular complexity index is 865. The highest BCUT2D eigenvalue weighted by atomic mass is 19.4.